The van der Waals surface area contributed by atoms with Crippen molar-refractivity contribution in [1.82, 2.24) is 9.97 Å². The van der Waals surface area contributed by atoms with Gasteiger partial charge < -0.3 is 0 Å². The average Bonchev–Trinajstić information content (AvgIpc) is 3.56. The quantitative estimate of drug-likeness (QED) is 0.209. The molecule has 3 unspecified atom stereocenters. The Labute approximate surface area is 285 Å². The third-order valence-corrected chi connectivity index (χ3v) is 17.2. The third kappa shape index (κ3) is 5.43. The molecule has 0 radical (unpaired) electrons. The van der Waals surface area contributed by atoms with Crippen molar-refractivity contribution in [1.29, 1.82) is 0 Å². The first-order valence-electron chi connectivity index (χ1n) is 16.0. The molecule has 3 atom stereocenters. The second kappa shape index (κ2) is 12.1. The van der Waals surface area contributed by atoms with E-state index in [1.807, 2.05) is 24.5 Å². The Morgan fingerprint density at radius 3 is 2.15 bits per heavy atom. The third-order valence-electron chi connectivity index (χ3n) is 10.0. The summed E-state index contributed by atoms with van der Waals surface area (Å²) in [5.41, 5.74) is 3.07. The molecular weight excluding hydrogens is 669 g/mol. The molecule has 2 heterocycles. The van der Waals surface area contributed by atoms with Gasteiger partial charge in [0.25, 0.3) is 8.32 Å². The monoisotopic (exact) mass is 707 g/mol. The summed E-state index contributed by atoms with van der Waals surface area (Å²) in [5, 5.41) is 8.40. The van der Waals surface area contributed by atoms with E-state index in [9.17, 15) is 4.79 Å². The number of amides is 1. The Morgan fingerprint density at radius 2 is 1.57 bits per heavy atom. The zero-order valence-corrected chi connectivity index (χ0v) is 30.8. The predicted octanol–water partition coefficient (Wildman–Crippen LogP) is 6.06. The van der Waals surface area contributed by atoms with Crippen LogP contribution in [0.1, 0.15) is 39.2 Å². The van der Waals surface area contributed by atoms with E-state index >= 15 is 0 Å². The number of pyridine rings is 2. The fraction of sp³-hybridized carbons (Fsp3) is 0.289. The number of benzene rings is 3. The average molecular weight is 708 g/mol. The van der Waals surface area contributed by atoms with Crippen molar-refractivity contribution in [3.63, 3.8) is 0 Å². The molecule has 8 heteroatoms. The maximum absolute atomic E-state index is 13.6. The van der Waals surface area contributed by atoms with Gasteiger partial charge >= 0.3 is 182 Å². The van der Waals surface area contributed by atoms with Crippen molar-refractivity contribution in [3.05, 3.63) is 108 Å². The fourth-order valence-electron chi connectivity index (χ4n) is 7.73. The van der Waals surface area contributed by atoms with Crippen molar-refractivity contribution in [2.45, 2.75) is 51.7 Å². The number of anilines is 1. The van der Waals surface area contributed by atoms with Crippen LogP contribution in [0.15, 0.2) is 97.5 Å². The van der Waals surface area contributed by atoms with Gasteiger partial charge in [-0.1, -0.05) is 81.4 Å². The number of hydrogen-bond acceptors (Lipinski definition) is 4. The van der Waals surface area contributed by atoms with Crippen molar-refractivity contribution < 1.29 is 9.22 Å². The van der Waals surface area contributed by atoms with Crippen LogP contribution in [0, 0.1) is 24.7 Å². The molecule has 2 aliphatic carbocycles. The standard InChI is InChI=1S/C38H39AsClN3O2Si/c1-23-15-16-41-21-31(23)30-17-24-18-33(42-22-32(24)35(39)36(30)40)43-37(44)34-28-19-25(20-29(28)34)45-46(38(2,3)4,26-11-7-5-8-12-26)27-13-9-6-10-14-27/h5-18,21-22,25,28-29,34H,19-20,39H2,1-4H3,(H,42,43,44). The van der Waals surface area contributed by atoms with E-state index in [0.717, 1.165) is 49.7 Å². The van der Waals surface area contributed by atoms with E-state index in [2.05, 4.69) is 110 Å². The Bertz CT molecular complexity index is 1880. The van der Waals surface area contributed by atoms with E-state index in [1.165, 1.54) is 27.2 Å². The van der Waals surface area contributed by atoms with Crippen molar-refractivity contribution in [2.75, 3.05) is 5.32 Å². The van der Waals surface area contributed by atoms with Gasteiger partial charge in [0.1, 0.15) is 0 Å². The topological polar surface area (TPSA) is 64.1 Å². The van der Waals surface area contributed by atoms with Crippen molar-refractivity contribution in [2.24, 2.45) is 17.8 Å². The van der Waals surface area contributed by atoms with E-state index in [-0.39, 0.29) is 23.0 Å². The Morgan fingerprint density at radius 1 is 0.935 bits per heavy atom. The molecule has 234 valence electrons. The van der Waals surface area contributed by atoms with E-state index in [1.54, 1.807) is 6.20 Å². The molecule has 2 aliphatic rings. The zero-order chi connectivity index (χ0) is 32.2. The van der Waals surface area contributed by atoms with Gasteiger partial charge in [-0.25, -0.2) is 0 Å². The first-order valence-corrected chi connectivity index (χ1v) is 19.5. The molecule has 46 heavy (non-hydrogen) atoms. The molecule has 1 N–H and O–H groups in total. The van der Waals surface area contributed by atoms with Crippen LogP contribution in [0.25, 0.3) is 21.9 Å². The van der Waals surface area contributed by atoms with Crippen LogP contribution >= 0.6 is 11.6 Å². The number of carbonyl (C=O) groups is 1. The minimum absolute atomic E-state index is 0.000363. The summed E-state index contributed by atoms with van der Waals surface area (Å²) in [4.78, 5) is 22.5. The summed E-state index contributed by atoms with van der Waals surface area (Å²) in [6.07, 6.45) is 7.43. The van der Waals surface area contributed by atoms with Gasteiger partial charge in [0.2, 0.25) is 0 Å². The number of nitrogens with one attached hydrogen (secondary N) is 1. The van der Waals surface area contributed by atoms with Gasteiger partial charge in [-0.05, 0) is 15.4 Å². The molecule has 1 amide bonds. The predicted molar refractivity (Wildman–Crippen MR) is 194 cm³/mol. The molecule has 2 fully saturated rings. The van der Waals surface area contributed by atoms with E-state index in [4.69, 9.17) is 16.0 Å². The number of nitrogens with zero attached hydrogens (tertiary/aromatic N) is 2. The van der Waals surface area contributed by atoms with Gasteiger partial charge in [0.05, 0.1) is 0 Å². The van der Waals surface area contributed by atoms with Gasteiger partial charge in [0.15, 0.2) is 0 Å². The Balaban J connectivity index is 1.09. The number of rotatable bonds is 7. The van der Waals surface area contributed by atoms with Crippen LogP contribution in [0.4, 0.5) is 5.82 Å². The van der Waals surface area contributed by atoms with Gasteiger partial charge in [-0.2, -0.15) is 0 Å². The first kappa shape index (κ1) is 31.3. The molecule has 5 aromatic rings. The van der Waals surface area contributed by atoms with Crippen LogP contribution in [0.2, 0.25) is 10.1 Å². The number of hydrogen-bond donors (Lipinski definition) is 1. The molecule has 0 aliphatic heterocycles. The van der Waals surface area contributed by atoms with Crippen molar-refractivity contribution >= 4 is 74.0 Å². The van der Waals surface area contributed by atoms with E-state index < -0.39 is 8.32 Å². The number of carbonyl (C=O) groups excluding carboxylic acids is 1. The summed E-state index contributed by atoms with van der Waals surface area (Å²) < 4.78 is 8.42. The summed E-state index contributed by atoms with van der Waals surface area (Å²) in [6.45, 7) is 9.02. The summed E-state index contributed by atoms with van der Waals surface area (Å²) in [6, 6.07) is 27.7. The van der Waals surface area contributed by atoms with Gasteiger partial charge in [-0.3, -0.25) is 0 Å². The van der Waals surface area contributed by atoms with Crippen LogP contribution in [0.3, 0.4) is 0 Å². The maximum atomic E-state index is 13.6. The number of aryl methyl sites for hydroxylation is 1. The molecule has 0 spiro atoms. The summed E-state index contributed by atoms with van der Waals surface area (Å²) in [7, 11) is -2.62. The van der Waals surface area contributed by atoms with E-state index in [0.29, 0.717) is 17.7 Å². The number of aromatic nitrogens is 2. The Kier molecular flexibility index (Phi) is 8.21. The molecule has 2 saturated carbocycles. The molecule has 3 aromatic carbocycles. The number of fused-ring (bicyclic) bond motifs is 2. The van der Waals surface area contributed by atoms with Crippen LogP contribution in [-0.2, 0) is 9.22 Å². The van der Waals surface area contributed by atoms with Crippen LogP contribution < -0.4 is 20.0 Å². The minimum atomic E-state index is -2.62. The Hall–Kier alpha value is -3.28. The number of halogens is 1. The molecule has 0 bridgehead atoms. The van der Waals surface area contributed by atoms with Crippen LogP contribution in [0.5, 0.6) is 0 Å². The molecule has 7 rings (SSSR count). The zero-order valence-electron chi connectivity index (χ0n) is 26.6. The summed E-state index contributed by atoms with van der Waals surface area (Å²) in [5.74, 6) is 1.32. The van der Waals surface area contributed by atoms with Crippen LogP contribution in [-0.4, -0.2) is 47.1 Å². The summed E-state index contributed by atoms with van der Waals surface area (Å²) >= 11 is 8.29. The van der Waals surface area contributed by atoms with Gasteiger partial charge in [-0.15, -0.1) is 0 Å². The van der Waals surface area contributed by atoms with Crippen molar-refractivity contribution in [3.8, 4) is 11.1 Å². The first-order chi connectivity index (χ1) is 22.1. The van der Waals surface area contributed by atoms with Gasteiger partial charge in [0, 0.05) is 0 Å². The second-order valence-corrected chi connectivity index (χ2v) is 19.7. The SMILES string of the molecule is Cc1ccncc1-c1cc2cc(NC(=O)C3C4CC(O[Si](c5ccccc5)(c5ccccc5)C(C)(C)C)CC43)ncc2c([AsH2])c1Cl. The fourth-order valence-corrected chi connectivity index (χ4v) is 13.5. The molecular formula is C38H39AsClN3O2Si. The normalized spacial score (nSPS) is 20.8. The second-order valence-electron chi connectivity index (χ2n) is 13.9. The molecule has 5 nitrogen and oxygen atoms in total. The molecule has 0 saturated heterocycles. The molecule has 2 aromatic heterocycles.